The molecule has 0 bridgehead atoms. The smallest absolute Gasteiger partial charge is 0.250 e. The van der Waals surface area contributed by atoms with Crippen molar-refractivity contribution >= 4 is 45.0 Å². The van der Waals surface area contributed by atoms with Crippen molar-refractivity contribution in [3.8, 4) is 0 Å². The fourth-order valence-electron chi connectivity index (χ4n) is 7.82. The molecule has 12 nitrogen and oxygen atoms in total. The van der Waals surface area contributed by atoms with Gasteiger partial charge in [0.2, 0.25) is 21.8 Å². The van der Waals surface area contributed by atoms with E-state index in [1.54, 1.807) is 53.3 Å². The maximum Gasteiger partial charge on any atom is 0.250 e. The van der Waals surface area contributed by atoms with Gasteiger partial charge in [0.25, 0.3) is 5.91 Å². The minimum atomic E-state index is -4.09. The van der Waals surface area contributed by atoms with Crippen LogP contribution in [0.15, 0.2) is 83.8 Å². The first-order valence-electron chi connectivity index (χ1n) is 18.8. The summed E-state index contributed by atoms with van der Waals surface area (Å²) in [7, 11) is -2.46. The maximum absolute atomic E-state index is 14.3. The van der Waals surface area contributed by atoms with Crippen molar-refractivity contribution in [3.63, 3.8) is 0 Å². The number of methoxy groups -OCH3 is 1. The summed E-state index contributed by atoms with van der Waals surface area (Å²) >= 11 is 6.13. The Bertz CT molecular complexity index is 1830. The van der Waals surface area contributed by atoms with Crippen LogP contribution in [0.4, 0.5) is 5.69 Å². The highest BCUT2D eigenvalue weighted by molar-refractivity contribution is 7.89. The van der Waals surface area contributed by atoms with Crippen molar-refractivity contribution in [1.82, 2.24) is 25.2 Å². The summed E-state index contributed by atoms with van der Waals surface area (Å²) in [4.78, 5) is 47.2. The maximum atomic E-state index is 14.3. The highest BCUT2D eigenvalue weighted by Gasteiger charge is 2.54. The molecule has 0 aromatic heterocycles. The van der Waals surface area contributed by atoms with E-state index < -0.39 is 21.6 Å². The molecule has 3 aliphatic rings. The van der Waals surface area contributed by atoms with Crippen molar-refractivity contribution in [1.29, 1.82) is 0 Å². The number of likely N-dealkylation sites (tertiary alicyclic amines) is 1. The third-order valence-corrected chi connectivity index (χ3v) is 12.5. The van der Waals surface area contributed by atoms with E-state index >= 15 is 0 Å². The number of halogens is 1. The van der Waals surface area contributed by atoms with E-state index in [0.717, 1.165) is 42.5 Å². The first kappa shape index (κ1) is 39.7. The molecular formula is C40H51ClN6O6S. The van der Waals surface area contributed by atoms with Crippen LogP contribution in [-0.2, 0) is 42.1 Å². The second-order valence-corrected chi connectivity index (χ2v) is 16.6. The number of piperidine rings is 1. The lowest BCUT2D eigenvalue weighted by atomic mass is 9.85. The molecule has 0 radical (unpaired) electrons. The predicted molar refractivity (Wildman–Crippen MR) is 208 cm³/mol. The standard InChI is InChI=1S/C40H51ClN6O6S/c1-53-25-22-42-27-31-14-18-35(19-15-31)54(51,52)44-36(26-30-12-16-32(41)17-13-30)38(49)45-23-20-40(21-24-45)39(50)46(29-47(40)34-10-6-3-7-11-34)28-37(48)43-33-8-4-2-5-9-33/h3,6-7,10-19,33,36,42,44H,2,4-5,8-9,20-29H2,1H3,(H,43,48). The molecule has 1 atom stereocenters. The van der Waals surface area contributed by atoms with Gasteiger partial charge in [0.15, 0.2) is 0 Å². The number of rotatable bonds is 15. The van der Waals surface area contributed by atoms with E-state index in [-0.39, 0.29) is 61.4 Å². The molecule has 3 aromatic carbocycles. The zero-order valence-corrected chi connectivity index (χ0v) is 32.4. The van der Waals surface area contributed by atoms with Crippen LogP contribution in [0, 0.1) is 0 Å². The monoisotopic (exact) mass is 778 g/mol. The number of hydrogen-bond acceptors (Lipinski definition) is 8. The van der Waals surface area contributed by atoms with Gasteiger partial charge in [-0.2, -0.15) is 4.72 Å². The molecule has 290 valence electrons. The van der Waals surface area contributed by atoms with Crippen molar-refractivity contribution < 1.29 is 27.5 Å². The molecule has 3 N–H and O–H groups in total. The van der Waals surface area contributed by atoms with E-state index in [0.29, 0.717) is 37.6 Å². The van der Waals surface area contributed by atoms with Crippen molar-refractivity contribution in [2.24, 2.45) is 0 Å². The van der Waals surface area contributed by atoms with Crippen LogP contribution in [0.3, 0.4) is 0 Å². The first-order valence-corrected chi connectivity index (χ1v) is 20.7. The number of carbonyl (C=O) groups excluding carboxylic acids is 3. The minimum Gasteiger partial charge on any atom is -0.383 e. The Balaban J connectivity index is 1.17. The highest BCUT2D eigenvalue weighted by Crippen LogP contribution is 2.39. The lowest BCUT2D eigenvalue weighted by molar-refractivity contribution is -0.140. The fourth-order valence-corrected chi connectivity index (χ4v) is 9.13. The number of benzene rings is 3. The van der Waals surface area contributed by atoms with Gasteiger partial charge in [0.05, 0.1) is 18.2 Å². The van der Waals surface area contributed by atoms with Gasteiger partial charge in [0, 0.05) is 50.0 Å². The molecule has 3 aromatic rings. The van der Waals surface area contributed by atoms with Gasteiger partial charge in [-0.1, -0.05) is 73.3 Å². The van der Waals surface area contributed by atoms with Crippen molar-refractivity contribution in [2.75, 3.05) is 51.5 Å². The van der Waals surface area contributed by atoms with E-state index in [1.165, 1.54) is 18.6 Å². The Morgan fingerprint density at radius 1 is 0.926 bits per heavy atom. The third kappa shape index (κ3) is 9.61. The Kier molecular flexibility index (Phi) is 13.3. The number of amides is 3. The molecule has 2 aliphatic heterocycles. The van der Waals surface area contributed by atoms with Crippen LogP contribution in [0.1, 0.15) is 56.1 Å². The average Bonchev–Trinajstić information content (AvgIpc) is 3.44. The van der Waals surface area contributed by atoms with Crippen LogP contribution >= 0.6 is 11.6 Å². The fraction of sp³-hybridized carbons (Fsp3) is 0.475. The molecule has 3 amide bonds. The van der Waals surface area contributed by atoms with Crippen LogP contribution < -0.4 is 20.3 Å². The molecule has 1 aliphatic carbocycles. The Labute approximate surface area is 323 Å². The Hall–Kier alpha value is -4.01. The summed E-state index contributed by atoms with van der Waals surface area (Å²) < 4.78 is 35.3. The largest absolute Gasteiger partial charge is 0.383 e. The van der Waals surface area contributed by atoms with Crippen molar-refractivity contribution in [2.45, 2.75) is 80.4 Å². The first-order chi connectivity index (χ1) is 26.1. The molecule has 1 spiro atoms. The summed E-state index contributed by atoms with van der Waals surface area (Å²) in [5, 5.41) is 6.91. The zero-order valence-electron chi connectivity index (χ0n) is 30.8. The van der Waals surface area contributed by atoms with Gasteiger partial charge < -0.3 is 30.1 Å². The number of sulfonamides is 1. The summed E-state index contributed by atoms with van der Waals surface area (Å²) in [6, 6.07) is 22.3. The third-order valence-electron chi connectivity index (χ3n) is 10.8. The van der Waals surface area contributed by atoms with E-state index in [1.807, 2.05) is 30.3 Å². The summed E-state index contributed by atoms with van der Waals surface area (Å²) in [5.41, 5.74) is 1.57. The molecule has 54 heavy (non-hydrogen) atoms. The summed E-state index contributed by atoms with van der Waals surface area (Å²) in [6.45, 7) is 2.49. The number of carbonyl (C=O) groups is 3. The van der Waals surface area contributed by atoms with Gasteiger partial charge in [0.1, 0.15) is 18.1 Å². The van der Waals surface area contributed by atoms with E-state index in [2.05, 4.69) is 20.3 Å². The van der Waals surface area contributed by atoms with Crippen LogP contribution in [0.25, 0.3) is 0 Å². The number of hydrogen-bond donors (Lipinski definition) is 3. The topological polar surface area (TPSA) is 140 Å². The normalized spacial score (nSPS) is 18.3. The zero-order chi connectivity index (χ0) is 38.1. The molecular weight excluding hydrogens is 728 g/mol. The summed E-state index contributed by atoms with van der Waals surface area (Å²) in [5.74, 6) is -0.658. The quantitative estimate of drug-likeness (QED) is 0.196. The molecule has 2 heterocycles. The second kappa shape index (κ2) is 18.1. The van der Waals surface area contributed by atoms with E-state index in [9.17, 15) is 22.8 Å². The van der Waals surface area contributed by atoms with Gasteiger partial charge in [-0.05, 0) is 79.6 Å². The predicted octanol–water partition coefficient (Wildman–Crippen LogP) is 4.08. The van der Waals surface area contributed by atoms with Gasteiger partial charge in [-0.3, -0.25) is 14.4 Å². The summed E-state index contributed by atoms with van der Waals surface area (Å²) in [6.07, 6.45) is 6.05. The lowest BCUT2D eigenvalue weighted by Gasteiger charge is -2.44. The molecule has 1 saturated carbocycles. The number of nitrogens with one attached hydrogen (secondary N) is 3. The molecule has 6 rings (SSSR count). The number of anilines is 1. The van der Waals surface area contributed by atoms with E-state index in [4.69, 9.17) is 16.3 Å². The van der Waals surface area contributed by atoms with Crippen LogP contribution in [0.5, 0.6) is 0 Å². The second-order valence-electron chi connectivity index (χ2n) is 14.5. The Morgan fingerprint density at radius 2 is 1.59 bits per heavy atom. The number of nitrogens with zero attached hydrogens (tertiary/aromatic N) is 3. The van der Waals surface area contributed by atoms with Crippen LogP contribution in [0.2, 0.25) is 5.02 Å². The average molecular weight is 779 g/mol. The lowest BCUT2D eigenvalue weighted by Crippen LogP contribution is -2.59. The number of para-hydroxylation sites is 1. The van der Waals surface area contributed by atoms with Crippen LogP contribution in [-0.4, -0.2) is 100 Å². The molecule has 3 fully saturated rings. The molecule has 14 heteroatoms. The Morgan fingerprint density at radius 3 is 2.26 bits per heavy atom. The van der Waals surface area contributed by atoms with Gasteiger partial charge in [-0.25, -0.2) is 8.42 Å². The van der Waals surface area contributed by atoms with Gasteiger partial charge >= 0.3 is 0 Å². The minimum absolute atomic E-state index is 0.0285. The van der Waals surface area contributed by atoms with Crippen molar-refractivity contribution in [3.05, 3.63) is 95.0 Å². The number of ether oxygens (including phenoxy) is 1. The molecule has 2 saturated heterocycles. The SMILES string of the molecule is COCCNCc1ccc(S(=O)(=O)NC(Cc2ccc(Cl)cc2)C(=O)N2CCC3(CC2)C(=O)N(CC(=O)NC2CCCCC2)CN3c2ccccc2)cc1. The highest BCUT2D eigenvalue weighted by atomic mass is 35.5. The molecule has 1 unspecified atom stereocenters. The van der Waals surface area contributed by atoms with Gasteiger partial charge in [-0.15, -0.1) is 0 Å².